The number of thioether (sulfide) groups is 1. The molecule has 0 amide bonds. The van der Waals surface area contributed by atoms with Crippen LogP contribution in [-0.2, 0) is 5.41 Å². The molecular formula is C19H20BrClN2S. The number of hydrazone groups is 1. The van der Waals surface area contributed by atoms with Gasteiger partial charge in [-0.1, -0.05) is 86.6 Å². The zero-order chi connectivity index (χ0) is 16.4. The molecule has 24 heavy (non-hydrogen) atoms. The van der Waals surface area contributed by atoms with Crippen molar-refractivity contribution in [1.29, 1.82) is 0 Å². The number of hydrogen-bond acceptors (Lipinski definition) is 3. The first-order valence-corrected chi connectivity index (χ1v) is 8.77. The molecule has 0 atom stereocenters. The summed E-state index contributed by atoms with van der Waals surface area (Å²) in [5, 5.41) is 8.14. The van der Waals surface area contributed by atoms with Gasteiger partial charge in [0.2, 0.25) is 0 Å². The Kier molecular flexibility index (Phi) is 6.18. The van der Waals surface area contributed by atoms with E-state index < -0.39 is 0 Å². The van der Waals surface area contributed by atoms with E-state index >= 15 is 0 Å². The lowest BCUT2D eigenvalue weighted by Gasteiger charge is -2.20. The van der Waals surface area contributed by atoms with Crippen molar-refractivity contribution < 1.29 is 0 Å². The Morgan fingerprint density at radius 1 is 1.00 bits per heavy atom. The number of halogens is 2. The van der Waals surface area contributed by atoms with Gasteiger partial charge in [-0.25, -0.2) is 0 Å². The Morgan fingerprint density at radius 3 is 2.21 bits per heavy atom. The summed E-state index contributed by atoms with van der Waals surface area (Å²) in [5.41, 5.74) is 7.71. The number of benzene rings is 2. The summed E-state index contributed by atoms with van der Waals surface area (Å²) < 4.78 is 0. The van der Waals surface area contributed by atoms with Gasteiger partial charge >= 0.3 is 0 Å². The van der Waals surface area contributed by atoms with Crippen LogP contribution in [-0.4, -0.2) is 5.04 Å². The predicted molar refractivity (Wildman–Crippen MR) is 112 cm³/mol. The number of nitrogens with one attached hydrogen (secondary N) is 1. The van der Waals surface area contributed by atoms with Gasteiger partial charge in [0.15, 0.2) is 0 Å². The smallest absolute Gasteiger partial charge is 0.129 e. The van der Waals surface area contributed by atoms with E-state index in [0.717, 1.165) is 21.9 Å². The number of rotatable bonds is 2. The van der Waals surface area contributed by atoms with Crippen LogP contribution < -0.4 is 5.43 Å². The van der Waals surface area contributed by atoms with Gasteiger partial charge in [-0.3, -0.25) is 5.43 Å². The Bertz CT molecular complexity index is 777. The summed E-state index contributed by atoms with van der Waals surface area (Å²) in [7, 11) is 0. The molecule has 1 aliphatic rings. The molecule has 2 aromatic rings. The van der Waals surface area contributed by atoms with E-state index in [-0.39, 0.29) is 22.4 Å². The van der Waals surface area contributed by atoms with Gasteiger partial charge in [-0.2, -0.15) is 5.10 Å². The Hall–Kier alpha value is -1.23. The average Bonchev–Trinajstić information content (AvgIpc) is 2.55. The van der Waals surface area contributed by atoms with Crippen molar-refractivity contribution in [3.05, 3.63) is 75.7 Å². The molecule has 1 N–H and O–H groups in total. The van der Waals surface area contributed by atoms with Crippen LogP contribution in [0.15, 0.2) is 59.0 Å². The highest BCUT2D eigenvalue weighted by Crippen LogP contribution is 2.29. The maximum absolute atomic E-state index is 6.23. The van der Waals surface area contributed by atoms with Crippen molar-refractivity contribution in [2.45, 2.75) is 26.2 Å². The molecule has 0 saturated heterocycles. The molecule has 2 aromatic carbocycles. The van der Waals surface area contributed by atoms with Crippen molar-refractivity contribution in [3.8, 4) is 0 Å². The predicted octanol–water partition coefficient (Wildman–Crippen LogP) is 6.21. The summed E-state index contributed by atoms with van der Waals surface area (Å²) in [5.74, 6) is 0. The zero-order valence-corrected chi connectivity index (χ0v) is 17.1. The molecule has 1 heterocycles. The summed E-state index contributed by atoms with van der Waals surface area (Å²) in [6, 6.07) is 16.4. The Balaban J connectivity index is 0.00000208. The molecule has 0 spiro atoms. The normalized spacial score (nSPS) is 14.2. The van der Waals surface area contributed by atoms with Gasteiger partial charge in [-0.15, -0.1) is 17.0 Å². The second kappa shape index (κ2) is 7.77. The molecule has 0 radical (unpaired) electrons. The van der Waals surface area contributed by atoms with Crippen LogP contribution in [0, 0.1) is 0 Å². The lowest BCUT2D eigenvalue weighted by Crippen LogP contribution is -2.14. The lowest BCUT2D eigenvalue weighted by atomic mass is 9.86. The van der Waals surface area contributed by atoms with Crippen molar-refractivity contribution in [3.63, 3.8) is 0 Å². The summed E-state index contributed by atoms with van der Waals surface area (Å²) in [4.78, 5) is 0. The van der Waals surface area contributed by atoms with Gasteiger partial charge in [0, 0.05) is 16.5 Å². The van der Waals surface area contributed by atoms with E-state index in [1.165, 1.54) is 5.56 Å². The molecule has 0 bridgehead atoms. The van der Waals surface area contributed by atoms with E-state index in [4.69, 9.17) is 11.6 Å². The maximum Gasteiger partial charge on any atom is 0.129 e. The molecule has 0 aliphatic carbocycles. The Labute approximate surface area is 163 Å². The first-order valence-electron chi connectivity index (χ1n) is 7.51. The Morgan fingerprint density at radius 2 is 1.67 bits per heavy atom. The van der Waals surface area contributed by atoms with E-state index in [1.807, 2.05) is 24.3 Å². The fraction of sp³-hybridized carbons (Fsp3) is 0.211. The van der Waals surface area contributed by atoms with E-state index in [2.05, 4.69) is 61.0 Å². The summed E-state index contributed by atoms with van der Waals surface area (Å²) >= 11 is 7.81. The largest absolute Gasteiger partial charge is 0.276 e. The fourth-order valence-corrected chi connectivity index (χ4v) is 3.42. The molecule has 0 saturated carbocycles. The van der Waals surface area contributed by atoms with Crippen molar-refractivity contribution in [2.75, 3.05) is 0 Å². The zero-order valence-electron chi connectivity index (χ0n) is 13.8. The SMILES string of the molecule is Br.CC(C)(C)c1ccc(C2=CSC(c3ccccc3Cl)=NN2)cc1. The monoisotopic (exact) mass is 422 g/mol. The quantitative estimate of drug-likeness (QED) is 0.620. The molecule has 0 fully saturated rings. The topological polar surface area (TPSA) is 24.4 Å². The average molecular weight is 424 g/mol. The summed E-state index contributed by atoms with van der Waals surface area (Å²) in [6.45, 7) is 6.66. The van der Waals surface area contributed by atoms with Gasteiger partial charge in [-0.05, 0) is 17.0 Å². The minimum atomic E-state index is 0. The molecule has 0 unspecified atom stereocenters. The van der Waals surface area contributed by atoms with Crippen LogP contribution in [0.2, 0.25) is 5.02 Å². The van der Waals surface area contributed by atoms with Crippen molar-refractivity contribution in [2.24, 2.45) is 5.10 Å². The van der Waals surface area contributed by atoms with Gasteiger partial charge in [0.05, 0.1) is 10.7 Å². The first kappa shape index (κ1) is 19.1. The molecular weight excluding hydrogens is 404 g/mol. The minimum Gasteiger partial charge on any atom is -0.276 e. The maximum atomic E-state index is 6.23. The molecule has 3 rings (SSSR count). The third-order valence-electron chi connectivity index (χ3n) is 3.73. The van der Waals surface area contributed by atoms with E-state index in [0.29, 0.717) is 5.02 Å². The van der Waals surface area contributed by atoms with Crippen LogP contribution in [0.3, 0.4) is 0 Å². The molecule has 0 aromatic heterocycles. The second-order valence-corrected chi connectivity index (χ2v) is 7.75. The standard InChI is InChI=1S/C19H19ClN2S.BrH/c1-19(2,3)14-10-8-13(9-11-14)17-12-23-18(22-21-17)15-6-4-5-7-16(15)20;/h4-12,21H,1-3H3;1H. The van der Waals surface area contributed by atoms with Crippen LogP contribution >= 0.6 is 40.3 Å². The van der Waals surface area contributed by atoms with Crippen molar-refractivity contribution in [1.82, 2.24) is 5.43 Å². The van der Waals surface area contributed by atoms with E-state index in [9.17, 15) is 0 Å². The molecule has 2 nitrogen and oxygen atoms in total. The van der Waals surface area contributed by atoms with Gasteiger partial charge in [0.1, 0.15) is 5.04 Å². The second-order valence-electron chi connectivity index (χ2n) is 6.49. The fourth-order valence-electron chi connectivity index (χ4n) is 2.32. The highest BCUT2D eigenvalue weighted by molar-refractivity contribution is 8.93. The van der Waals surface area contributed by atoms with Crippen molar-refractivity contribution >= 4 is 51.1 Å². The highest BCUT2D eigenvalue weighted by atomic mass is 79.9. The lowest BCUT2D eigenvalue weighted by molar-refractivity contribution is 0.590. The minimum absolute atomic E-state index is 0. The number of nitrogens with zero attached hydrogens (tertiary/aromatic N) is 1. The third-order valence-corrected chi connectivity index (χ3v) is 4.95. The van der Waals surface area contributed by atoms with E-state index in [1.54, 1.807) is 11.8 Å². The van der Waals surface area contributed by atoms with Crippen LogP contribution in [0.1, 0.15) is 37.5 Å². The highest BCUT2D eigenvalue weighted by Gasteiger charge is 2.16. The first-order chi connectivity index (χ1) is 10.9. The van der Waals surface area contributed by atoms with Gasteiger partial charge in [0.25, 0.3) is 0 Å². The van der Waals surface area contributed by atoms with Crippen LogP contribution in [0.25, 0.3) is 5.70 Å². The molecule has 126 valence electrons. The molecule has 5 heteroatoms. The third kappa shape index (κ3) is 4.24. The van der Waals surface area contributed by atoms with Gasteiger partial charge < -0.3 is 0 Å². The molecule has 1 aliphatic heterocycles. The number of hydrogen-bond donors (Lipinski definition) is 1. The van der Waals surface area contributed by atoms with Crippen LogP contribution in [0.4, 0.5) is 0 Å². The summed E-state index contributed by atoms with van der Waals surface area (Å²) in [6.07, 6.45) is 0. The van der Waals surface area contributed by atoms with Crippen LogP contribution in [0.5, 0.6) is 0 Å².